The van der Waals surface area contributed by atoms with Gasteiger partial charge in [0.15, 0.2) is 0 Å². The van der Waals surface area contributed by atoms with Gasteiger partial charge in [0.05, 0.1) is 11.7 Å². The van der Waals surface area contributed by atoms with Gasteiger partial charge in [-0.2, -0.15) is 13.2 Å². The van der Waals surface area contributed by atoms with Crippen molar-refractivity contribution < 1.29 is 18.3 Å². The summed E-state index contributed by atoms with van der Waals surface area (Å²) in [6.45, 7) is 1.95. The highest BCUT2D eigenvalue weighted by molar-refractivity contribution is 14.1. The first-order valence-electron chi connectivity index (χ1n) is 6.38. The summed E-state index contributed by atoms with van der Waals surface area (Å²) in [5.41, 5.74) is 1.87. The molecule has 0 aromatic heterocycles. The summed E-state index contributed by atoms with van der Waals surface area (Å²) in [5, 5.41) is 10.3. The highest BCUT2D eigenvalue weighted by Crippen LogP contribution is 2.30. The first kappa shape index (κ1) is 16.3. The summed E-state index contributed by atoms with van der Waals surface area (Å²) in [5.74, 6) is 0. The lowest BCUT2D eigenvalue weighted by molar-refractivity contribution is -0.137. The Bertz CT molecular complexity index is 620. The van der Waals surface area contributed by atoms with E-state index in [1.165, 1.54) is 12.1 Å². The van der Waals surface area contributed by atoms with Crippen molar-refractivity contribution in [1.29, 1.82) is 0 Å². The van der Waals surface area contributed by atoms with Gasteiger partial charge in [-0.15, -0.1) is 0 Å². The molecule has 0 aliphatic carbocycles. The summed E-state index contributed by atoms with van der Waals surface area (Å²) in [6, 6.07) is 10.6. The van der Waals surface area contributed by atoms with Crippen LogP contribution < -0.4 is 0 Å². The average molecular weight is 406 g/mol. The molecule has 1 N–H and O–H groups in total. The number of hydrogen-bond acceptors (Lipinski definition) is 1. The second kappa shape index (κ2) is 6.36. The van der Waals surface area contributed by atoms with E-state index in [-0.39, 0.29) is 6.42 Å². The zero-order valence-corrected chi connectivity index (χ0v) is 13.4. The molecule has 112 valence electrons. The van der Waals surface area contributed by atoms with E-state index >= 15 is 0 Å². The Morgan fingerprint density at radius 3 is 2.29 bits per heavy atom. The maximum Gasteiger partial charge on any atom is 0.416 e. The maximum atomic E-state index is 12.5. The maximum absolute atomic E-state index is 12.5. The van der Waals surface area contributed by atoms with Gasteiger partial charge in [-0.05, 0) is 58.3 Å². The second-order valence-corrected chi connectivity index (χ2v) is 5.97. The summed E-state index contributed by atoms with van der Waals surface area (Å²) >= 11 is 2.17. The molecule has 0 saturated carbocycles. The fraction of sp³-hybridized carbons (Fsp3) is 0.250. The van der Waals surface area contributed by atoms with Crippen LogP contribution in [0.5, 0.6) is 0 Å². The normalized spacial score (nSPS) is 13.2. The molecule has 2 aromatic carbocycles. The van der Waals surface area contributed by atoms with Crippen LogP contribution in [0.4, 0.5) is 13.2 Å². The Morgan fingerprint density at radius 2 is 1.71 bits per heavy atom. The number of aryl methyl sites for hydroxylation is 1. The van der Waals surface area contributed by atoms with E-state index in [4.69, 9.17) is 0 Å². The number of aliphatic hydroxyl groups is 1. The smallest absolute Gasteiger partial charge is 0.388 e. The Hall–Kier alpha value is -1.08. The van der Waals surface area contributed by atoms with Crippen LogP contribution in [0.3, 0.4) is 0 Å². The van der Waals surface area contributed by atoms with E-state index in [1.807, 2.05) is 25.1 Å². The van der Waals surface area contributed by atoms with E-state index in [9.17, 15) is 18.3 Å². The van der Waals surface area contributed by atoms with Crippen molar-refractivity contribution in [3.8, 4) is 0 Å². The molecular weight excluding hydrogens is 392 g/mol. The summed E-state index contributed by atoms with van der Waals surface area (Å²) in [7, 11) is 0. The number of rotatable bonds is 3. The third-order valence-corrected chi connectivity index (χ3v) is 4.76. The fourth-order valence-electron chi connectivity index (χ4n) is 2.09. The Morgan fingerprint density at radius 1 is 1.10 bits per heavy atom. The van der Waals surface area contributed by atoms with Crippen LogP contribution in [0, 0.1) is 10.5 Å². The molecule has 0 spiro atoms. The number of aliphatic hydroxyl groups excluding tert-OH is 1. The molecule has 0 aliphatic rings. The minimum Gasteiger partial charge on any atom is -0.388 e. The molecule has 0 radical (unpaired) electrons. The minimum absolute atomic E-state index is 0.289. The zero-order valence-electron chi connectivity index (χ0n) is 11.3. The lowest BCUT2D eigenvalue weighted by Gasteiger charge is -2.15. The van der Waals surface area contributed by atoms with Crippen molar-refractivity contribution in [3.63, 3.8) is 0 Å². The van der Waals surface area contributed by atoms with Crippen LogP contribution in [0.1, 0.15) is 28.4 Å². The van der Waals surface area contributed by atoms with Gasteiger partial charge in [0, 0.05) is 9.99 Å². The van der Waals surface area contributed by atoms with Crippen molar-refractivity contribution in [2.75, 3.05) is 0 Å². The monoisotopic (exact) mass is 406 g/mol. The third-order valence-electron chi connectivity index (χ3n) is 3.29. The molecule has 0 bridgehead atoms. The van der Waals surface area contributed by atoms with Gasteiger partial charge in [-0.3, -0.25) is 0 Å². The average Bonchev–Trinajstić information content (AvgIpc) is 2.41. The molecule has 0 aliphatic heterocycles. The Balaban J connectivity index is 2.16. The number of benzene rings is 2. The van der Waals surface area contributed by atoms with Gasteiger partial charge < -0.3 is 5.11 Å². The van der Waals surface area contributed by atoms with Crippen LogP contribution in [0.2, 0.25) is 0 Å². The first-order chi connectivity index (χ1) is 9.79. The van der Waals surface area contributed by atoms with E-state index in [0.717, 1.165) is 26.8 Å². The van der Waals surface area contributed by atoms with Crippen molar-refractivity contribution in [2.24, 2.45) is 0 Å². The SMILES string of the molecule is Cc1cccc(C(O)Cc2ccc(C(F)(F)F)cc2)c1I. The molecule has 1 atom stereocenters. The second-order valence-electron chi connectivity index (χ2n) is 4.89. The molecule has 21 heavy (non-hydrogen) atoms. The molecule has 2 aromatic rings. The van der Waals surface area contributed by atoms with Gasteiger partial charge >= 0.3 is 6.18 Å². The van der Waals surface area contributed by atoms with Crippen LogP contribution in [-0.2, 0) is 12.6 Å². The molecule has 5 heteroatoms. The van der Waals surface area contributed by atoms with Crippen molar-refractivity contribution in [2.45, 2.75) is 25.6 Å². The molecule has 2 rings (SSSR count). The van der Waals surface area contributed by atoms with Crippen molar-refractivity contribution in [3.05, 3.63) is 68.3 Å². The third kappa shape index (κ3) is 3.97. The van der Waals surface area contributed by atoms with Crippen LogP contribution in [-0.4, -0.2) is 5.11 Å². The predicted molar refractivity (Wildman–Crippen MR) is 84.0 cm³/mol. The number of hydrogen-bond donors (Lipinski definition) is 1. The van der Waals surface area contributed by atoms with Gasteiger partial charge in [0.2, 0.25) is 0 Å². The molecule has 0 saturated heterocycles. The molecule has 0 fully saturated rings. The van der Waals surface area contributed by atoms with Gasteiger partial charge in [0.1, 0.15) is 0 Å². The minimum atomic E-state index is -4.33. The van der Waals surface area contributed by atoms with E-state index in [0.29, 0.717) is 5.56 Å². The molecule has 0 amide bonds. The van der Waals surface area contributed by atoms with Gasteiger partial charge in [0.25, 0.3) is 0 Å². The summed E-state index contributed by atoms with van der Waals surface area (Å²) in [6.07, 6.45) is -4.77. The first-order valence-corrected chi connectivity index (χ1v) is 7.46. The lowest BCUT2D eigenvalue weighted by Crippen LogP contribution is -2.07. The molecule has 0 heterocycles. The summed E-state index contributed by atoms with van der Waals surface area (Å²) in [4.78, 5) is 0. The Labute approximate surface area is 135 Å². The fourth-order valence-corrected chi connectivity index (χ4v) is 2.81. The van der Waals surface area contributed by atoms with Crippen LogP contribution >= 0.6 is 22.6 Å². The van der Waals surface area contributed by atoms with Crippen molar-refractivity contribution in [1.82, 2.24) is 0 Å². The lowest BCUT2D eigenvalue weighted by atomic mass is 9.99. The quantitative estimate of drug-likeness (QED) is 0.720. The van der Waals surface area contributed by atoms with Crippen molar-refractivity contribution >= 4 is 22.6 Å². The number of halogens is 4. The highest BCUT2D eigenvalue weighted by atomic mass is 127. The van der Waals surface area contributed by atoms with E-state index in [1.54, 1.807) is 0 Å². The topological polar surface area (TPSA) is 20.2 Å². The molecule has 1 nitrogen and oxygen atoms in total. The largest absolute Gasteiger partial charge is 0.416 e. The zero-order chi connectivity index (χ0) is 15.6. The van der Waals surface area contributed by atoms with Gasteiger partial charge in [-0.1, -0.05) is 30.3 Å². The standard InChI is InChI=1S/C16H14F3IO/c1-10-3-2-4-13(15(10)20)14(21)9-11-5-7-12(8-6-11)16(17,18)19/h2-8,14,21H,9H2,1H3. The van der Waals surface area contributed by atoms with E-state index < -0.39 is 17.8 Å². The number of alkyl halides is 3. The highest BCUT2D eigenvalue weighted by Gasteiger charge is 2.30. The van der Waals surface area contributed by atoms with Gasteiger partial charge in [-0.25, -0.2) is 0 Å². The Kier molecular flexibility index (Phi) is 4.93. The molecule has 1 unspecified atom stereocenters. The van der Waals surface area contributed by atoms with E-state index in [2.05, 4.69) is 22.6 Å². The van der Waals surface area contributed by atoms with Crippen LogP contribution in [0.15, 0.2) is 42.5 Å². The van der Waals surface area contributed by atoms with Crippen LogP contribution in [0.25, 0.3) is 0 Å². The predicted octanol–water partition coefficient (Wildman–Crippen LogP) is 4.89. The summed E-state index contributed by atoms with van der Waals surface area (Å²) < 4.78 is 38.5. The molecular formula is C16H14F3IO.